The Hall–Kier alpha value is -1.93. The molecular formula is C16H24N4O4. The smallest absolute Gasteiger partial charge is 0.274 e. The van der Waals surface area contributed by atoms with Gasteiger partial charge in [-0.15, -0.1) is 0 Å². The Labute approximate surface area is 141 Å². The monoisotopic (exact) mass is 336 g/mol. The number of nitrogens with one attached hydrogen (secondary N) is 1. The number of likely N-dealkylation sites (N-methyl/N-ethyl adjacent to an activating group) is 1. The third kappa shape index (κ3) is 3.59. The fraction of sp³-hybridized carbons (Fsp3) is 0.688. The van der Waals surface area contributed by atoms with E-state index in [1.54, 1.807) is 31.0 Å². The summed E-state index contributed by atoms with van der Waals surface area (Å²) < 4.78 is 13.2. The minimum Gasteiger partial charge on any atom is -0.372 e. The maximum Gasteiger partial charge on any atom is 0.274 e. The number of amides is 2. The summed E-state index contributed by atoms with van der Waals surface area (Å²) >= 11 is 0. The minimum atomic E-state index is -0.228. The average molecular weight is 336 g/mol. The molecule has 1 spiro atoms. The zero-order valence-corrected chi connectivity index (χ0v) is 14.2. The highest BCUT2D eigenvalue weighted by Crippen LogP contribution is 2.37. The summed E-state index contributed by atoms with van der Waals surface area (Å²) in [5.41, 5.74) is 0.251. The van der Waals surface area contributed by atoms with E-state index in [1.165, 1.54) is 0 Å². The molecule has 8 heteroatoms. The van der Waals surface area contributed by atoms with Crippen molar-refractivity contribution in [1.29, 1.82) is 0 Å². The standard InChI is InChI=1S/C16H24N4O4/c1-17-14(21)11-23-12-9-16(24-10-12)4-7-20(8-5-16)15(22)13-3-6-19(2)18-13/h3,6,12H,4-5,7-11H2,1-2H3,(H,17,21). The van der Waals surface area contributed by atoms with Crippen LogP contribution in [-0.4, -0.2) is 71.6 Å². The molecule has 132 valence electrons. The highest BCUT2D eigenvalue weighted by Gasteiger charge is 2.44. The number of aromatic nitrogens is 2. The van der Waals surface area contributed by atoms with Gasteiger partial charge in [0.1, 0.15) is 12.3 Å². The lowest BCUT2D eigenvalue weighted by Crippen LogP contribution is -2.46. The predicted octanol–water partition coefficient (Wildman–Crippen LogP) is -0.0536. The van der Waals surface area contributed by atoms with E-state index in [2.05, 4.69) is 10.4 Å². The molecular weight excluding hydrogens is 312 g/mol. The molecule has 0 bridgehead atoms. The molecule has 1 aromatic heterocycles. The summed E-state index contributed by atoms with van der Waals surface area (Å²) in [4.78, 5) is 25.5. The molecule has 8 nitrogen and oxygen atoms in total. The number of hydrogen-bond acceptors (Lipinski definition) is 5. The number of aryl methyl sites for hydroxylation is 1. The van der Waals surface area contributed by atoms with Gasteiger partial charge in [-0.2, -0.15) is 5.10 Å². The van der Waals surface area contributed by atoms with Gasteiger partial charge in [0.05, 0.1) is 18.3 Å². The summed E-state index contributed by atoms with van der Waals surface area (Å²) in [6.45, 7) is 1.87. The van der Waals surface area contributed by atoms with Crippen LogP contribution in [-0.2, 0) is 21.3 Å². The second-order valence-corrected chi connectivity index (χ2v) is 6.47. The Bertz CT molecular complexity index is 607. The van der Waals surface area contributed by atoms with E-state index in [0.29, 0.717) is 25.4 Å². The summed E-state index contributed by atoms with van der Waals surface area (Å²) in [6.07, 6.45) is 4.06. The molecule has 1 unspecified atom stereocenters. The Morgan fingerprint density at radius 3 is 2.83 bits per heavy atom. The lowest BCUT2D eigenvalue weighted by atomic mass is 9.88. The molecule has 2 amide bonds. The number of rotatable bonds is 4. The maximum atomic E-state index is 12.4. The summed E-state index contributed by atoms with van der Waals surface area (Å²) in [7, 11) is 3.39. The van der Waals surface area contributed by atoms with Crippen molar-refractivity contribution < 1.29 is 19.1 Å². The van der Waals surface area contributed by atoms with Crippen molar-refractivity contribution in [3.05, 3.63) is 18.0 Å². The molecule has 2 saturated heterocycles. The minimum absolute atomic E-state index is 0.0316. The van der Waals surface area contributed by atoms with Crippen LogP contribution in [0, 0.1) is 0 Å². The molecule has 24 heavy (non-hydrogen) atoms. The van der Waals surface area contributed by atoms with Gasteiger partial charge in [0.15, 0.2) is 0 Å². The lowest BCUT2D eigenvalue weighted by molar-refractivity contribution is -0.127. The Balaban J connectivity index is 1.50. The number of piperidine rings is 1. The topological polar surface area (TPSA) is 85.7 Å². The quantitative estimate of drug-likeness (QED) is 0.833. The molecule has 2 aliphatic rings. The van der Waals surface area contributed by atoms with E-state index in [1.807, 2.05) is 4.90 Å². The zero-order chi connectivity index (χ0) is 17.2. The maximum absolute atomic E-state index is 12.4. The third-order valence-corrected chi connectivity index (χ3v) is 4.80. The van der Waals surface area contributed by atoms with Crippen molar-refractivity contribution in [2.45, 2.75) is 31.0 Å². The van der Waals surface area contributed by atoms with Crippen LogP contribution >= 0.6 is 0 Å². The predicted molar refractivity (Wildman–Crippen MR) is 85.5 cm³/mol. The van der Waals surface area contributed by atoms with Gasteiger partial charge < -0.3 is 19.7 Å². The lowest BCUT2D eigenvalue weighted by Gasteiger charge is -2.38. The SMILES string of the molecule is CNC(=O)COC1COC2(CCN(C(=O)c3ccn(C)n3)CC2)C1. The average Bonchev–Trinajstić information content (AvgIpc) is 3.19. The van der Waals surface area contributed by atoms with Gasteiger partial charge in [0.2, 0.25) is 5.91 Å². The van der Waals surface area contributed by atoms with Crippen molar-refractivity contribution in [2.75, 3.05) is 33.4 Å². The normalized spacial score (nSPS) is 22.8. The molecule has 1 aromatic rings. The van der Waals surface area contributed by atoms with Crippen molar-refractivity contribution >= 4 is 11.8 Å². The third-order valence-electron chi connectivity index (χ3n) is 4.80. The van der Waals surface area contributed by atoms with Crippen LogP contribution in [0.15, 0.2) is 12.3 Å². The van der Waals surface area contributed by atoms with Crippen LogP contribution in [0.4, 0.5) is 0 Å². The van der Waals surface area contributed by atoms with Gasteiger partial charge in [-0.1, -0.05) is 0 Å². The first-order valence-electron chi connectivity index (χ1n) is 8.26. The zero-order valence-electron chi connectivity index (χ0n) is 14.2. The first kappa shape index (κ1) is 16.9. The van der Waals surface area contributed by atoms with Crippen LogP contribution in [0.5, 0.6) is 0 Å². The number of nitrogens with zero attached hydrogens (tertiary/aromatic N) is 3. The van der Waals surface area contributed by atoms with E-state index in [9.17, 15) is 9.59 Å². The molecule has 2 fully saturated rings. The van der Waals surface area contributed by atoms with E-state index in [-0.39, 0.29) is 30.1 Å². The molecule has 0 aromatic carbocycles. The molecule has 1 atom stereocenters. The Morgan fingerprint density at radius 2 is 2.21 bits per heavy atom. The largest absolute Gasteiger partial charge is 0.372 e. The molecule has 2 aliphatic heterocycles. The fourth-order valence-corrected chi connectivity index (χ4v) is 3.33. The van der Waals surface area contributed by atoms with Crippen molar-refractivity contribution in [2.24, 2.45) is 7.05 Å². The highest BCUT2D eigenvalue weighted by atomic mass is 16.6. The molecule has 3 rings (SSSR count). The second kappa shape index (κ2) is 6.90. The summed E-state index contributed by atoms with van der Waals surface area (Å²) in [6, 6.07) is 1.74. The van der Waals surface area contributed by atoms with E-state index in [4.69, 9.17) is 9.47 Å². The first-order chi connectivity index (χ1) is 11.5. The van der Waals surface area contributed by atoms with Crippen molar-refractivity contribution in [1.82, 2.24) is 20.0 Å². The Kier molecular flexibility index (Phi) is 4.86. The van der Waals surface area contributed by atoms with Crippen LogP contribution in [0.2, 0.25) is 0 Å². The van der Waals surface area contributed by atoms with Crippen LogP contribution in [0.3, 0.4) is 0 Å². The van der Waals surface area contributed by atoms with Gasteiger partial charge >= 0.3 is 0 Å². The van der Waals surface area contributed by atoms with Crippen LogP contribution in [0.25, 0.3) is 0 Å². The van der Waals surface area contributed by atoms with Crippen LogP contribution in [0.1, 0.15) is 29.8 Å². The van der Waals surface area contributed by atoms with Gasteiger partial charge in [-0.25, -0.2) is 0 Å². The summed E-state index contributed by atoms with van der Waals surface area (Å²) in [5, 5.41) is 6.71. The second-order valence-electron chi connectivity index (χ2n) is 6.47. The van der Waals surface area contributed by atoms with Crippen LogP contribution < -0.4 is 5.32 Å². The number of carbonyl (C=O) groups excluding carboxylic acids is 2. The number of hydrogen-bond donors (Lipinski definition) is 1. The number of carbonyl (C=O) groups is 2. The van der Waals surface area contributed by atoms with Gasteiger partial charge in [-0.3, -0.25) is 14.3 Å². The first-order valence-corrected chi connectivity index (χ1v) is 8.26. The van der Waals surface area contributed by atoms with Crippen molar-refractivity contribution in [3.63, 3.8) is 0 Å². The fourth-order valence-electron chi connectivity index (χ4n) is 3.33. The van der Waals surface area contributed by atoms with Gasteiger partial charge in [-0.05, 0) is 18.9 Å². The summed E-state index contributed by atoms with van der Waals surface area (Å²) in [5.74, 6) is -0.164. The van der Waals surface area contributed by atoms with Crippen molar-refractivity contribution in [3.8, 4) is 0 Å². The van der Waals surface area contributed by atoms with Gasteiger partial charge in [0.25, 0.3) is 5.91 Å². The van der Waals surface area contributed by atoms with E-state index < -0.39 is 0 Å². The van der Waals surface area contributed by atoms with E-state index >= 15 is 0 Å². The molecule has 1 N–H and O–H groups in total. The molecule has 0 radical (unpaired) electrons. The molecule has 3 heterocycles. The number of likely N-dealkylation sites (tertiary alicyclic amines) is 1. The highest BCUT2D eigenvalue weighted by molar-refractivity contribution is 5.92. The number of ether oxygens (including phenoxy) is 2. The molecule has 0 saturated carbocycles. The Morgan fingerprint density at radius 1 is 1.46 bits per heavy atom. The van der Waals surface area contributed by atoms with Gasteiger partial charge in [0, 0.05) is 39.8 Å². The van der Waals surface area contributed by atoms with E-state index in [0.717, 1.165) is 19.3 Å². The molecule has 0 aliphatic carbocycles.